The molecule has 0 fully saturated rings. The third-order valence-corrected chi connectivity index (χ3v) is 3.79. The molecule has 0 aromatic carbocycles. The maximum absolute atomic E-state index is 11.1. The summed E-state index contributed by atoms with van der Waals surface area (Å²) < 4.78 is 0. The van der Waals surface area contributed by atoms with Crippen molar-refractivity contribution < 1.29 is 4.79 Å². The van der Waals surface area contributed by atoms with Gasteiger partial charge in [-0.3, -0.25) is 4.79 Å². The predicted octanol–water partition coefficient (Wildman–Crippen LogP) is 3.90. The molecule has 0 unspecified atom stereocenters. The normalized spacial score (nSPS) is 11.8. The maximum Gasteiger partial charge on any atom is 0.169 e. The molecule has 0 spiro atoms. The zero-order valence-corrected chi connectivity index (χ0v) is 9.84. The Kier molecular flexibility index (Phi) is 2.83. The molecule has 0 saturated carbocycles. The van der Waals surface area contributed by atoms with E-state index in [1.54, 1.807) is 13.0 Å². The predicted molar refractivity (Wildman–Crippen MR) is 58.0 cm³/mol. The van der Waals surface area contributed by atoms with Crippen LogP contribution >= 0.6 is 22.9 Å². The number of carbonyl (C=O) groups is 1. The van der Waals surface area contributed by atoms with E-state index in [-0.39, 0.29) is 11.2 Å². The number of carbonyl (C=O) groups excluding carboxylic acids is 1. The van der Waals surface area contributed by atoms with Crippen molar-refractivity contribution in [3.8, 4) is 0 Å². The van der Waals surface area contributed by atoms with E-state index in [1.165, 1.54) is 11.3 Å². The van der Waals surface area contributed by atoms with E-state index in [0.717, 1.165) is 9.75 Å². The van der Waals surface area contributed by atoms with Crippen LogP contribution in [0, 0.1) is 0 Å². The van der Waals surface area contributed by atoms with Crippen LogP contribution in [-0.4, -0.2) is 5.78 Å². The van der Waals surface area contributed by atoms with Crippen LogP contribution in [0.25, 0.3) is 0 Å². The second-order valence-corrected chi connectivity index (χ2v) is 5.55. The van der Waals surface area contributed by atoms with Gasteiger partial charge < -0.3 is 0 Å². The number of halogens is 1. The summed E-state index contributed by atoms with van der Waals surface area (Å²) in [7, 11) is 0. The van der Waals surface area contributed by atoms with Crippen LogP contribution in [-0.2, 0) is 5.41 Å². The molecule has 0 aliphatic rings. The minimum Gasteiger partial charge on any atom is -0.294 e. The fourth-order valence-corrected chi connectivity index (χ4v) is 2.63. The highest BCUT2D eigenvalue weighted by Crippen LogP contribution is 2.36. The van der Waals surface area contributed by atoms with Crippen molar-refractivity contribution in [3.05, 3.63) is 20.8 Å². The number of thiophene rings is 1. The van der Waals surface area contributed by atoms with Crippen LogP contribution in [0.15, 0.2) is 6.07 Å². The Morgan fingerprint density at radius 2 is 2.00 bits per heavy atom. The van der Waals surface area contributed by atoms with Gasteiger partial charge >= 0.3 is 0 Å². The number of hydrogen-bond acceptors (Lipinski definition) is 2. The summed E-state index contributed by atoms with van der Waals surface area (Å²) in [4.78, 5) is 12.9. The third kappa shape index (κ3) is 2.32. The van der Waals surface area contributed by atoms with Gasteiger partial charge in [-0.2, -0.15) is 0 Å². The molecule has 0 bridgehead atoms. The van der Waals surface area contributed by atoms with E-state index in [4.69, 9.17) is 11.6 Å². The standard InChI is InChI=1S/C10H13ClOS/c1-6(12)8-5-7(11)9(13-8)10(2,3)4/h5H,1-4H3. The lowest BCUT2D eigenvalue weighted by atomic mass is 9.95. The SMILES string of the molecule is CC(=O)c1cc(Cl)c(C(C)(C)C)s1. The van der Waals surface area contributed by atoms with Crippen molar-refractivity contribution in [1.82, 2.24) is 0 Å². The minimum absolute atomic E-state index is 0.0233. The molecule has 1 aromatic heterocycles. The second kappa shape index (κ2) is 3.43. The van der Waals surface area contributed by atoms with Gasteiger partial charge in [0.25, 0.3) is 0 Å². The highest BCUT2D eigenvalue weighted by Gasteiger charge is 2.21. The van der Waals surface area contributed by atoms with Crippen LogP contribution in [0.5, 0.6) is 0 Å². The van der Waals surface area contributed by atoms with E-state index in [0.29, 0.717) is 5.02 Å². The van der Waals surface area contributed by atoms with Crippen LogP contribution in [0.1, 0.15) is 42.2 Å². The molecule has 1 aromatic rings. The van der Waals surface area contributed by atoms with Gasteiger partial charge in [0.1, 0.15) is 0 Å². The Bertz CT molecular complexity index is 333. The van der Waals surface area contributed by atoms with Gasteiger partial charge in [0.05, 0.1) is 9.90 Å². The molecule has 1 rings (SSSR count). The lowest BCUT2D eigenvalue weighted by molar-refractivity contribution is 0.102. The van der Waals surface area contributed by atoms with E-state index < -0.39 is 0 Å². The molecule has 72 valence electrons. The topological polar surface area (TPSA) is 17.1 Å². The summed E-state index contributed by atoms with van der Waals surface area (Å²) in [6.45, 7) is 7.84. The van der Waals surface area contributed by atoms with Crippen LogP contribution in [0.4, 0.5) is 0 Å². The summed E-state index contributed by atoms with van der Waals surface area (Å²) in [6.07, 6.45) is 0. The zero-order chi connectivity index (χ0) is 10.2. The molecule has 0 radical (unpaired) electrons. The van der Waals surface area contributed by atoms with E-state index in [9.17, 15) is 4.79 Å². The molecule has 0 N–H and O–H groups in total. The van der Waals surface area contributed by atoms with E-state index >= 15 is 0 Å². The summed E-state index contributed by atoms with van der Waals surface area (Å²) in [6, 6.07) is 1.76. The van der Waals surface area contributed by atoms with Crippen molar-refractivity contribution in [1.29, 1.82) is 0 Å². The summed E-state index contributed by atoms with van der Waals surface area (Å²) >= 11 is 7.52. The van der Waals surface area contributed by atoms with Crippen molar-refractivity contribution >= 4 is 28.7 Å². The van der Waals surface area contributed by atoms with Crippen LogP contribution < -0.4 is 0 Å². The number of rotatable bonds is 1. The van der Waals surface area contributed by atoms with Gasteiger partial charge in [0.15, 0.2) is 5.78 Å². The summed E-state index contributed by atoms with van der Waals surface area (Å²) in [5.74, 6) is 0.0856. The van der Waals surface area contributed by atoms with Gasteiger partial charge in [0.2, 0.25) is 0 Å². The lowest BCUT2D eigenvalue weighted by Gasteiger charge is -2.16. The molecule has 0 aliphatic heterocycles. The number of hydrogen-bond donors (Lipinski definition) is 0. The van der Waals surface area contributed by atoms with Crippen molar-refractivity contribution in [2.24, 2.45) is 0 Å². The van der Waals surface area contributed by atoms with E-state index in [2.05, 4.69) is 20.8 Å². The Morgan fingerprint density at radius 3 is 2.23 bits per heavy atom. The highest BCUT2D eigenvalue weighted by molar-refractivity contribution is 7.14. The average molecular weight is 217 g/mol. The van der Waals surface area contributed by atoms with Gasteiger partial charge in [-0.15, -0.1) is 11.3 Å². The van der Waals surface area contributed by atoms with Crippen LogP contribution in [0.2, 0.25) is 5.02 Å². The monoisotopic (exact) mass is 216 g/mol. The third-order valence-electron chi connectivity index (χ3n) is 1.71. The quantitative estimate of drug-likeness (QED) is 0.651. The van der Waals surface area contributed by atoms with Gasteiger partial charge in [-0.1, -0.05) is 32.4 Å². The molecule has 0 amide bonds. The molecule has 1 nitrogen and oxygen atoms in total. The first kappa shape index (κ1) is 10.7. The molecule has 0 atom stereocenters. The maximum atomic E-state index is 11.1. The molecule has 0 aliphatic carbocycles. The molecular weight excluding hydrogens is 204 g/mol. The average Bonchev–Trinajstić information content (AvgIpc) is 2.29. The van der Waals surface area contributed by atoms with Gasteiger partial charge in [-0.25, -0.2) is 0 Å². The van der Waals surface area contributed by atoms with Crippen molar-refractivity contribution in [3.63, 3.8) is 0 Å². The smallest absolute Gasteiger partial charge is 0.169 e. The minimum atomic E-state index is 0.0233. The van der Waals surface area contributed by atoms with Crippen LogP contribution in [0.3, 0.4) is 0 Å². The van der Waals surface area contributed by atoms with Gasteiger partial charge in [-0.05, 0) is 18.4 Å². The van der Waals surface area contributed by atoms with Crippen molar-refractivity contribution in [2.45, 2.75) is 33.1 Å². The Hall–Kier alpha value is -0.340. The van der Waals surface area contributed by atoms with Crippen molar-refractivity contribution in [2.75, 3.05) is 0 Å². The Morgan fingerprint density at radius 1 is 1.46 bits per heavy atom. The Balaban J connectivity index is 3.18. The van der Waals surface area contributed by atoms with E-state index in [1.807, 2.05) is 0 Å². The first-order chi connectivity index (χ1) is 5.82. The molecule has 0 saturated heterocycles. The Labute approximate surface area is 87.7 Å². The second-order valence-electron chi connectivity index (χ2n) is 4.09. The first-order valence-electron chi connectivity index (χ1n) is 4.13. The fraction of sp³-hybridized carbons (Fsp3) is 0.500. The molecular formula is C10H13ClOS. The molecule has 1 heterocycles. The number of ketones is 1. The summed E-state index contributed by atoms with van der Waals surface area (Å²) in [5.41, 5.74) is 0.0233. The fourth-order valence-electron chi connectivity index (χ4n) is 1.05. The molecule has 13 heavy (non-hydrogen) atoms. The number of Topliss-reactive ketones (excluding diaryl/α,β-unsaturated/α-hetero) is 1. The lowest BCUT2D eigenvalue weighted by Crippen LogP contribution is -2.08. The largest absolute Gasteiger partial charge is 0.294 e. The zero-order valence-electron chi connectivity index (χ0n) is 8.27. The highest BCUT2D eigenvalue weighted by atomic mass is 35.5. The van der Waals surface area contributed by atoms with Gasteiger partial charge in [0, 0.05) is 4.88 Å². The first-order valence-corrected chi connectivity index (χ1v) is 5.32. The summed E-state index contributed by atoms with van der Waals surface area (Å²) in [5, 5.41) is 0.711. The molecule has 3 heteroatoms.